The molecule has 0 spiro atoms. The van der Waals surface area contributed by atoms with E-state index in [1.165, 1.54) is 23.1 Å². The molecule has 1 heteroatoms. The molecule has 0 saturated carbocycles. The third-order valence-electron chi connectivity index (χ3n) is 3.23. The average Bonchev–Trinajstić information content (AvgIpc) is 2.42. The summed E-state index contributed by atoms with van der Waals surface area (Å²) < 4.78 is 0. The smallest absolute Gasteiger partial charge is 0.0205 e. The molecule has 2 aromatic carbocycles. The van der Waals surface area contributed by atoms with E-state index in [1.807, 2.05) is 0 Å². The summed E-state index contributed by atoms with van der Waals surface area (Å²) in [5.74, 6) is 0. The summed E-state index contributed by atoms with van der Waals surface area (Å²) in [4.78, 5) is 0. The topological polar surface area (TPSA) is 12.0 Å². The lowest BCUT2D eigenvalue weighted by atomic mass is 10.0. The van der Waals surface area contributed by atoms with Crippen LogP contribution >= 0.6 is 0 Å². The Hall–Kier alpha value is -1.60. The maximum atomic E-state index is 3.49. The maximum absolute atomic E-state index is 3.49. The number of hydrogen-bond donors (Lipinski definition) is 1. The molecule has 0 amide bonds. The normalized spacial score (nSPS) is 10.5. The van der Waals surface area contributed by atoms with Crippen LogP contribution in [0.25, 0.3) is 0 Å². The van der Waals surface area contributed by atoms with Crippen molar-refractivity contribution >= 4 is 0 Å². The number of hydrogen-bond acceptors (Lipinski definition) is 1. The van der Waals surface area contributed by atoms with E-state index < -0.39 is 0 Å². The molecule has 0 bridgehead atoms. The van der Waals surface area contributed by atoms with Crippen molar-refractivity contribution in [3.05, 3.63) is 71.3 Å². The third kappa shape index (κ3) is 4.01. The van der Waals surface area contributed by atoms with Crippen molar-refractivity contribution in [2.24, 2.45) is 0 Å². The van der Waals surface area contributed by atoms with Gasteiger partial charge in [-0.25, -0.2) is 0 Å². The van der Waals surface area contributed by atoms with Crippen molar-refractivity contribution in [1.29, 1.82) is 0 Å². The number of benzene rings is 2. The van der Waals surface area contributed by atoms with Crippen LogP contribution in [0.15, 0.2) is 54.6 Å². The van der Waals surface area contributed by atoms with Crippen LogP contribution in [0.3, 0.4) is 0 Å². The predicted molar refractivity (Wildman–Crippen MR) is 77.6 cm³/mol. The van der Waals surface area contributed by atoms with Gasteiger partial charge in [0, 0.05) is 6.54 Å². The first kappa shape index (κ1) is 12.8. The average molecular weight is 239 g/mol. The molecule has 0 unspecified atom stereocenters. The van der Waals surface area contributed by atoms with Crippen LogP contribution in [0.2, 0.25) is 0 Å². The van der Waals surface area contributed by atoms with Crippen LogP contribution in [-0.2, 0) is 13.0 Å². The summed E-state index contributed by atoms with van der Waals surface area (Å²) in [5, 5.41) is 3.49. The third-order valence-corrected chi connectivity index (χ3v) is 3.23. The number of aryl methyl sites for hydroxylation is 2. The summed E-state index contributed by atoms with van der Waals surface area (Å²) in [6.07, 6.45) is 2.35. The second-order valence-electron chi connectivity index (χ2n) is 4.69. The highest BCUT2D eigenvalue weighted by Crippen LogP contribution is 2.09. The van der Waals surface area contributed by atoms with Gasteiger partial charge in [-0.05, 0) is 43.0 Å². The summed E-state index contributed by atoms with van der Waals surface area (Å²) in [6, 6.07) is 19.2. The predicted octanol–water partition coefficient (Wildman–Crippen LogP) is 3.72. The highest BCUT2D eigenvalue weighted by Gasteiger charge is 1.96. The minimum Gasteiger partial charge on any atom is -0.313 e. The van der Waals surface area contributed by atoms with E-state index in [2.05, 4.69) is 66.8 Å². The summed E-state index contributed by atoms with van der Waals surface area (Å²) in [7, 11) is 0. The van der Waals surface area contributed by atoms with Crippen LogP contribution in [0.5, 0.6) is 0 Å². The molecule has 0 aliphatic rings. The molecule has 18 heavy (non-hydrogen) atoms. The SMILES string of the molecule is Cc1ccccc1CCCNCc1ccccc1. The van der Waals surface area contributed by atoms with E-state index in [9.17, 15) is 0 Å². The van der Waals surface area contributed by atoms with E-state index in [1.54, 1.807) is 0 Å². The van der Waals surface area contributed by atoms with Crippen molar-refractivity contribution in [3.63, 3.8) is 0 Å². The van der Waals surface area contributed by atoms with Gasteiger partial charge in [-0.1, -0.05) is 54.6 Å². The molecule has 0 radical (unpaired) electrons. The molecule has 0 heterocycles. The van der Waals surface area contributed by atoms with Gasteiger partial charge in [0.2, 0.25) is 0 Å². The Balaban J connectivity index is 1.66. The largest absolute Gasteiger partial charge is 0.313 e. The van der Waals surface area contributed by atoms with E-state index in [0.717, 1.165) is 19.5 Å². The second kappa shape index (κ2) is 6.97. The highest BCUT2D eigenvalue weighted by atomic mass is 14.8. The Morgan fingerprint density at radius 2 is 1.61 bits per heavy atom. The van der Waals surface area contributed by atoms with E-state index in [0.29, 0.717) is 0 Å². The van der Waals surface area contributed by atoms with E-state index in [4.69, 9.17) is 0 Å². The van der Waals surface area contributed by atoms with Crippen molar-refractivity contribution in [2.45, 2.75) is 26.3 Å². The first-order valence-corrected chi connectivity index (χ1v) is 6.65. The first-order valence-electron chi connectivity index (χ1n) is 6.65. The molecule has 0 atom stereocenters. The molecule has 1 nitrogen and oxygen atoms in total. The highest BCUT2D eigenvalue weighted by molar-refractivity contribution is 5.25. The second-order valence-corrected chi connectivity index (χ2v) is 4.69. The fraction of sp³-hybridized carbons (Fsp3) is 0.294. The minimum atomic E-state index is 0.967. The zero-order valence-electron chi connectivity index (χ0n) is 11.0. The fourth-order valence-corrected chi connectivity index (χ4v) is 2.12. The molecule has 2 aromatic rings. The van der Waals surface area contributed by atoms with Gasteiger partial charge in [0.25, 0.3) is 0 Å². The number of nitrogens with one attached hydrogen (secondary N) is 1. The van der Waals surface area contributed by atoms with Crippen LogP contribution in [-0.4, -0.2) is 6.54 Å². The summed E-state index contributed by atoms with van der Waals surface area (Å²) in [6.45, 7) is 4.23. The van der Waals surface area contributed by atoms with Gasteiger partial charge < -0.3 is 5.32 Å². The van der Waals surface area contributed by atoms with Crippen molar-refractivity contribution in [2.75, 3.05) is 6.54 Å². The Morgan fingerprint density at radius 3 is 2.39 bits per heavy atom. The molecule has 0 aliphatic heterocycles. The lowest BCUT2D eigenvalue weighted by Crippen LogP contribution is -2.15. The Morgan fingerprint density at radius 1 is 0.889 bits per heavy atom. The standard InChI is InChI=1S/C17H21N/c1-15-8-5-6-11-17(15)12-7-13-18-14-16-9-3-2-4-10-16/h2-6,8-11,18H,7,12-14H2,1H3. The molecule has 0 fully saturated rings. The van der Waals surface area contributed by atoms with Gasteiger partial charge in [0.05, 0.1) is 0 Å². The number of rotatable bonds is 6. The van der Waals surface area contributed by atoms with Gasteiger partial charge in [0.15, 0.2) is 0 Å². The summed E-state index contributed by atoms with van der Waals surface area (Å²) in [5.41, 5.74) is 4.23. The monoisotopic (exact) mass is 239 g/mol. The molecule has 94 valence electrons. The van der Waals surface area contributed by atoms with Gasteiger partial charge in [-0.15, -0.1) is 0 Å². The Labute approximate surface area is 110 Å². The van der Waals surface area contributed by atoms with Crippen LogP contribution < -0.4 is 5.32 Å². The maximum Gasteiger partial charge on any atom is 0.0205 e. The Kier molecular flexibility index (Phi) is 4.98. The molecule has 0 aliphatic carbocycles. The van der Waals surface area contributed by atoms with Gasteiger partial charge in [0.1, 0.15) is 0 Å². The quantitative estimate of drug-likeness (QED) is 0.758. The fourth-order valence-electron chi connectivity index (χ4n) is 2.12. The van der Waals surface area contributed by atoms with Crippen LogP contribution in [0.4, 0.5) is 0 Å². The molecule has 0 saturated heterocycles. The Bertz CT molecular complexity index is 462. The zero-order valence-corrected chi connectivity index (χ0v) is 11.0. The zero-order chi connectivity index (χ0) is 12.6. The van der Waals surface area contributed by atoms with Gasteiger partial charge >= 0.3 is 0 Å². The minimum absolute atomic E-state index is 0.967. The van der Waals surface area contributed by atoms with Crippen molar-refractivity contribution in [3.8, 4) is 0 Å². The van der Waals surface area contributed by atoms with Gasteiger partial charge in [-0.2, -0.15) is 0 Å². The van der Waals surface area contributed by atoms with Crippen molar-refractivity contribution < 1.29 is 0 Å². The van der Waals surface area contributed by atoms with Crippen LogP contribution in [0, 0.1) is 6.92 Å². The molecular formula is C17H21N. The first-order chi connectivity index (χ1) is 8.86. The molecule has 0 aromatic heterocycles. The lowest BCUT2D eigenvalue weighted by Gasteiger charge is -2.07. The molecule has 1 N–H and O–H groups in total. The summed E-state index contributed by atoms with van der Waals surface area (Å²) >= 11 is 0. The lowest BCUT2D eigenvalue weighted by molar-refractivity contribution is 0.648. The van der Waals surface area contributed by atoms with Gasteiger partial charge in [-0.3, -0.25) is 0 Å². The molecular weight excluding hydrogens is 218 g/mol. The molecule has 2 rings (SSSR count). The van der Waals surface area contributed by atoms with Crippen LogP contribution in [0.1, 0.15) is 23.1 Å². The van der Waals surface area contributed by atoms with Crippen molar-refractivity contribution in [1.82, 2.24) is 5.32 Å². The van der Waals surface area contributed by atoms with E-state index in [-0.39, 0.29) is 0 Å². The van der Waals surface area contributed by atoms with E-state index >= 15 is 0 Å².